The van der Waals surface area contributed by atoms with E-state index >= 15 is 0 Å². The minimum absolute atomic E-state index is 0.00884. The molecule has 3 N–H and O–H groups in total. The Bertz CT molecular complexity index is 566. The zero-order chi connectivity index (χ0) is 16.9. The van der Waals surface area contributed by atoms with Gasteiger partial charge in [0.15, 0.2) is 0 Å². The lowest BCUT2D eigenvalue weighted by molar-refractivity contribution is -0.136. The first kappa shape index (κ1) is 18.2. The van der Waals surface area contributed by atoms with E-state index in [0.717, 1.165) is 0 Å². The third kappa shape index (κ3) is 5.48. The Hall–Kier alpha value is -1.89. The van der Waals surface area contributed by atoms with Crippen LogP contribution in [0.5, 0.6) is 5.75 Å². The van der Waals surface area contributed by atoms with Gasteiger partial charge in [-0.3, -0.25) is 10.1 Å². The molecule has 0 unspecified atom stereocenters. The van der Waals surface area contributed by atoms with Crippen molar-refractivity contribution in [1.29, 1.82) is 0 Å². The Balaban J connectivity index is 3.18. The van der Waals surface area contributed by atoms with Crippen molar-refractivity contribution in [2.45, 2.75) is 38.5 Å². The van der Waals surface area contributed by atoms with Crippen LogP contribution in [-0.4, -0.2) is 34.1 Å². The molecule has 0 aliphatic carbocycles. The highest BCUT2D eigenvalue weighted by atomic mass is 32.2. The second-order valence-corrected chi connectivity index (χ2v) is 6.59. The zero-order valence-corrected chi connectivity index (χ0v) is 13.9. The molecule has 0 radical (unpaired) electrons. The molecule has 0 heterocycles. The van der Waals surface area contributed by atoms with Crippen LogP contribution in [0.15, 0.2) is 12.1 Å². The molecule has 0 aliphatic heterocycles. The van der Waals surface area contributed by atoms with Crippen LogP contribution < -0.4 is 5.32 Å². The van der Waals surface area contributed by atoms with Gasteiger partial charge < -0.3 is 14.9 Å². The van der Waals surface area contributed by atoms with E-state index in [9.17, 15) is 14.7 Å². The molecule has 22 heavy (non-hydrogen) atoms. The molecule has 1 aromatic rings. The van der Waals surface area contributed by atoms with Crippen molar-refractivity contribution in [3.63, 3.8) is 0 Å². The molecule has 0 saturated heterocycles. The predicted molar refractivity (Wildman–Crippen MR) is 86.5 cm³/mol. The van der Waals surface area contributed by atoms with E-state index in [0.29, 0.717) is 22.6 Å². The van der Waals surface area contributed by atoms with Crippen LogP contribution in [-0.2, 0) is 21.7 Å². The number of ether oxygens (including phenoxy) is 1. The summed E-state index contributed by atoms with van der Waals surface area (Å²) in [6.07, 6.45) is 0.903. The Morgan fingerprint density at radius 3 is 2.45 bits per heavy atom. The summed E-state index contributed by atoms with van der Waals surface area (Å²) in [4.78, 5) is 22.9. The number of nitrogens with one attached hydrogen (secondary N) is 1. The summed E-state index contributed by atoms with van der Waals surface area (Å²) in [5, 5.41) is 21.5. The number of carboxylic acids is 1. The summed E-state index contributed by atoms with van der Waals surface area (Å²) >= 11 is 1.45. The number of phenols is 1. The van der Waals surface area contributed by atoms with E-state index in [4.69, 9.17) is 9.84 Å². The van der Waals surface area contributed by atoms with Gasteiger partial charge in [-0.1, -0.05) is 6.07 Å². The standard InChI is InChI=1S/C15H21NO5S/c1-15(2,3)21-14(20)16-13-9(7-12(18)19)5-6-11(17)10(13)8-22-4/h5-6,17H,7-8H2,1-4H3,(H,16,20)(H,18,19). The third-order valence-electron chi connectivity index (χ3n) is 2.63. The van der Waals surface area contributed by atoms with E-state index in [-0.39, 0.29) is 12.2 Å². The Kier molecular flexibility index (Phi) is 6.11. The monoisotopic (exact) mass is 327 g/mol. The van der Waals surface area contributed by atoms with Crippen LogP contribution in [0, 0.1) is 0 Å². The topological polar surface area (TPSA) is 95.9 Å². The van der Waals surface area contributed by atoms with Crippen molar-refractivity contribution in [2.75, 3.05) is 11.6 Å². The zero-order valence-electron chi connectivity index (χ0n) is 13.1. The normalized spacial score (nSPS) is 11.1. The number of carboxylic acid groups (broad SMARTS) is 1. The maximum Gasteiger partial charge on any atom is 0.412 e. The molecule has 0 fully saturated rings. The second kappa shape index (κ2) is 7.40. The fourth-order valence-electron chi connectivity index (χ4n) is 1.85. The van der Waals surface area contributed by atoms with E-state index in [1.165, 1.54) is 23.9 Å². The summed E-state index contributed by atoms with van der Waals surface area (Å²) in [5.74, 6) is -0.577. The number of carbonyl (C=O) groups is 2. The van der Waals surface area contributed by atoms with Gasteiger partial charge >= 0.3 is 12.1 Å². The molecule has 0 spiro atoms. The average Bonchev–Trinajstić information content (AvgIpc) is 2.34. The summed E-state index contributed by atoms with van der Waals surface area (Å²) < 4.78 is 5.19. The van der Waals surface area contributed by atoms with Gasteiger partial charge in [-0.2, -0.15) is 11.8 Å². The van der Waals surface area contributed by atoms with Crippen molar-refractivity contribution < 1.29 is 24.5 Å². The lowest BCUT2D eigenvalue weighted by atomic mass is 10.0. The number of thioether (sulfide) groups is 1. The molecule has 0 atom stereocenters. The number of carbonyl (C=O) groups excluding carboxylic acids is 1. The smallest absolute Gasteiger partial charge is 0.412 e. The highest BCUT2D eigenvalue weighted by Crippen LogP contribution is 2.33. The molecule has 1 aromatic carbocycles. The molecule has 1 rings (SSSR count). The highest BCUT2D eigenvalue weighted by Gasteiger charge is 2.21. The van der Waals surface area contributed by atoms with Crippen molar-refractivity contribution in [3.05, 3.63) is 23.3 Å². The first-order valence-electron chi connectivity index (χ1n) is 6.68. The van der Waals surface area contributed by atoms with Crippen LogP contribution in [0.3, 0.4) is 0 Å². The van der Waals surface area contributed by atoms with Gasteiger partial charge in [0, 0.05) is 11.3 Å². The SMILES string of the molecule is CSCc1c(O)ccc(CC(=O)O)c1NC(=O)OC(C)(C)C. The Labute approximate surface area is 133 Å². The summed E-state index contributed by atoms with van der Waals surface area (Å²) in [6.45, 7) is 5.20. The number of anilines is 1. The molecule has 7 heteroatoms. The molecular weight excluding hydrogens is 306 g/mol. The van der Waals surface area contributed by atoms with Crippen molar-refractivity contribution in [3.8, 4) is 5.75 Å². The van der Waals surface area contributed by atoms with E-state index in [2.05, 4.69) is 5.32 Å². The number of rotatable bonds is 5. The van der Waals surface area contributed by atoms with Gasteiger partial charge in [0.2, 0.25) is 0 Å². The maximum absolute atomic E-state index is 12.0. The minimum Gasteiger partial charge on any atom is -0.508 e. The number of hydrogen-bond acceptors (Lipinski definition) is 5. The van der Waals surface area contributed by atoms with Crippen LogP contribution >= 0.6 is 11.8 Å². The quantitative estimate of drug-likeness (QED) is 0.768. The predicted octanol–water partition coefficient (Wildman–Crippen LogP) is 3.23. The summed E-state index contributed by atoms with van der Waals surface area (Å²) in [7, 11) is 0. The number of amides is 1. The maximum atomic E-state index is 12.0. The second-order valence-electron chi connectivity index (χ2n) is 5.73. The Morgan fingerprint density at radius 1 is 1.32 bits per heavy atom. The van der Waals surface area contributed by atoms with Gasteiger partial charge in [0.05, 0.1) is 12.1 Å². The molecular formula is C15H21NO5S. The molecule has 0 saturated carbocycles. The van der Waals surface area contributed by atoms with E-state index in [1.807, 2.05) is 6.26 Å². The number of benzene rings is 1. The van der Waals surface area contributed by atoms with E-state index in [1.54, 1.807) is 20.8 Å². The van der Waals surface area contributed by atoms with Gasteiger partial charge in [-0.05, 0) is 38.7 Å². The lowest BCUT2D eigenvalue weighted by Gasteiger charge is -2.22. The van der Waals surface area contributed by atoms with Gasteiger partial charge in [0.1, 0.15) is 11.4 Å². The minimum atomic E-state index is -1.02. The largest absolute Gasteiger partial charge is 0.508 e. The highest BCUT2D eigenvalue weighted by molar-refractivity contribution is 7.97. The first-order chi connectivity index (χ1) is 10.1. The molecule has 122 valence electrons. The molecule has 1 amide bonds. The van der Waals surface area contributed by atoms with Gasteiger partial charge in [-0.25, -0.2) is 4.79 Å². The fourth-order valence-corrected chi connectivity index (χ4v) is 2.43. The summed E-state index contributed by atoms with van der Waals surface area (Å²) in [5.41, 5.74) is 0.524. The fraction of sp³-hybridized carbons (Fsp3) is 0.467. The number of aliphatic carboxylic acids is 1. The van der Waals surface area contributed by atoms with Crippen molar-refractivity contribution in [2.24, 2.45) is 0 Å². The van der Waals surface area contributed by atoms with Crippen LogP contribution in [0.2, 0.25) is 0 Å². The molecule has 0 bridgehead atoms. The van der Waals surface area contributed by atoms with Crippen LogP contribution in [0.1, 0.15) is 31.9 Å². The van der Waals surface area contributed by atoms with Gasteiger partial charge in [-0.15, -0.1) is 0 Å². The van der Waals surface area contributed by atoms with Crippen LogP contribution in [0.25, 0.3) is 0 Å². The molecule has 6 nitrogen and oxygen atoms in total. The Morgan fingerprint density at radius 2 is 1.95 bits per heavy atom. The summed E-state index contributed by atoms with van der Waals surface area (Å²) in [6, 6.07) is 2.92. The molecule has 0 aromatic heterocycles. The van der Waals surface area contributed by atoms with Crippen LogP contribution in [0.4, 0.5) is 10.5 Å². The third-order valence-corrected chi connectivity index (χ3v) is 3.21. The number of hydrogen-bond donors (Lipinski definition) is 3. The lowest BCUT2D eigenvalue weighted by Crippen LogP contribution is -2.28. The number of phenolic OH excluding ortho intramolecular Hbond substituents is 1. The van der Waals surface area contributed by atoms with Crippen molar-refractivity contribution >= 4 is 29.5 Å². The van der Waals surface area contributed by atoms with E-state index < -0.39 is 17.7 Å². The van der Waals surface area contributed by atoms with Gasteiger partial charge in [0.25, 0.3) is 0 Å². The number of aromatic hydroxyl groups is 1. The average molecular weight is 327 g/mol. The van der Waals surface area contributed by atoms with Crippen molar-refractivity contribution in [1.82, 2.24) is 0 Å². The first-order valence-corrected chi connectivity index (χ1v) is 8.08. The molecule has 0 aliphatic rings.